The third-order valence-electron chi connectivity index (χ3n) is 4.43. The predicted molar refractivity (Wildman–Crippen MR) is 104 cm³/mol. The molecular weight excluding hydrogens is 387 g/mol. The molecule has 0 radical (unpaired) electrons. The molecule has 0 amide bonds. The quantitative estimate of drug-likeness (QED) is 0.346. The average molecular weight is 414 g/mol. The SMILES string of the molecule is CCCCCCCCCc1ccc([O-])c(Oc2ccccc2)c1S(=O)(=O)O.[Na+]. The maximum atomic E-state index is 12.2. The Hall–Kier alpha value is -1.05. The molecule has 0 fully saturated rings. The van der Waals surface area contributed by atoms with Crippen LogP contribution in [0.4, 0.5) is 0 Å². The molecule has 2 aromatic rings. The molecule has 7 heteroatoms. The van der Waals surface area contributed by atoms with E-state index in [-0.39, 0.29) is 35.3 Å². The molecule has 0 spiro atoms. The second-order valence-corrected chi connectivity index (χ2v) is 8.00. The van der Waals surface area contributed by atoms with Crippen LogP contribution in [0, 0.1) is 0 Å². The molecule has 0 saturated heterocycles. The molecule has 0 aliphatic heterocycles. The Kier molecular flexibility index (Phi) is 11.2. The number of para-hydroxylation sites is 1. The van der Waals surface area contributed by atoms with Crippen LogP contribution in [-0.4, -0.2) is 13.0 Å². The van der Waals surface area contributed by atoms with E-state index in [4.69, 9.17) is 4.74 Å². The Morgan fingerprint density at radius 3 is 2.14 bits per heavy atom. The molecule has 0 aromatic heterocycles. The van der Waals surface area contributed by atoms with E-state index in [2.05, 4.69) is 6.92 Å². The topological polar surface area (TPSA) is 86.7 Å². The number of hydrogen-bond donors (Lipinski definition) is 1. The van der Waals surface area contributed by atoms with Crippen molar-refractivity contribution in [1.82, 2.24) is 0 Å². The van der Waals surface area contributed by atoms with Crippen LogP contribution in [0.3, 0.4) is 0 Å². The van der Waals surface area contributed by atoms with Gasteiger partial charge in [-0.25, -0.2) is 0 Å². The van der Waals surface area contributed by atoms with Gasteiger partial charge in [0, 0.05) is 0 Å². The van der Waals surface area contributed by atoms with Crippen molar-refractivity contribution in [1.29, 1.82) is 0 Å². The minimum Gasteiger partial charge on any atom is -0.870 e. The van der Waals surface area contributed by atoms with Crippen molar-refractivity contribution in [2.45, 2.75) is 63.2 Å². The van der Waals surface area contributed by atoms with Crippen LogP contribution in [-0.2, 0) is 16.5 Å². The molecule has 28 heavy (non-hydrogen) atoms. The van der Waals surface area contributed by atoms with Gasteiger partial charge in [0.25, 0.3) is 10.1 Å². The Morgan fingerprint density at radius 2 is 1.54 bits per heavy atom. The van der Waals surface area contributed by atoms with E-state index in [0.717, 1.165) is 19.3 Å². The van der Waals surface area contributed by atoms with Gasteiger partial charge in [-0.1, -0.05) is 81.5 Å². The number of ether oxygens (including phenoxy) is 1. The molecular formula is C21H27NaO5S. The Labute approximate surface area is 190 Å². The van der Waals surface area contributed by atoms with Crippen LogP contribution in [0.2, 0.25) is 0 Å². The number of unbranched alkanes of at least 4 members (excludes halogenated alkanes) is 6. The normalized spacial score (nSPS) is 11.1. The van der Waals surface area contributed by atoms with Gasteiger partial charge in [-0.05, 0) is 30.5 Å². The van der Waals surface area contributed by atoms with E-state index < -0.39 is 20.8 Å². The van der Waals surface area contributed by atoms with Crippen LogP contribution in [0.1, 0.15) is 57.4 Å². The van der Waals surface area contributed by atoms with Crippen molar-refractivity contribution in [2.24, 2.45) is 0 Å². The minimum atomic E-state index is -4.59. The maximum Gasteiger partial charge on any atom is 1.00 e. The minimum absolute atomic E-state index is 0. The van der Waals surface area contributed by atoms with E-state index in [1.54, 1.807) is 30.3 Å². The van der Waals surface area contributed by atoms with Gasteiger partial charge >= 0.3 is 29.6 Å². The van der Waals surface area contributed by atoms with Gasteiger partial charge in [0.15, 0.2) is 0 Å². The molecule has 0 atom stereocenters. The first kappa shape index (κ1) is 25.0. The summed E-state index contributed by atoms with van der Waals surface area (Å²) in [5.74, 6) is -0.577. The molecule has 148 valence electrons. The molecule has 0 heterocycles. The molecule has 0 bridgehead atoms. The van der Waals surface area contributed by atoms with Gasteiger partial charge in [-0.3, -0.25) is 4.55 Å². The van der Waals surface area contributed by atoms with Gasteiger partial charge in [-0.15, -0.1) is 0 Å². The number of aryl methyl sites for hydroxylation is 1. The zero-order chi connectivity index (χ0) is 19.7. The van der Waals surface area contributed by atoms with E-state index >= 15 is 0 Å². The summed E-state index contributed by atoms with van der Waals surface area (Å²) in [5, 5.41) is 12.2. The fourth-order valence-corrected chi connectivity index (χ4v) is 3.92. The van der Waals surface area contributed by atoms with Crippen molar-refractivity contribution < 1.29 is 52.4 Å². The van der Waals surface area contributed by atoms with Crippen LogP contribution in [0.25, 0.3) is 0 Å². The van der Waals surface area contributed by atoms with Crippen molar-refractivity contribution in [3.8, 4) is 17.2 Å². The van der Waals surface area contributed by atoms with Crippen molar-refractivity contribution in [3.63, 3.8) is 0 Å². The summed E-state index contributed by atoms with van der Waals surface area (Å²) in [7, 11) is -4.59. The van der Waals surface area contributed by atoms with Crippen molar-refractivity contribution in [2.75, 3.05) is 0 Å². The first-order chi connectivity index (χ1) is 12.9. The number of rotatable bonds is 11. The number of hydrogen-bond acceptors (Lipinski definition) is 4. The summed E-state index contributed by atoms with van der Waals surface area (Å²) in [6.45, 7) is 2.17. The van der Waals surface area contributed by atoms with E-state index in [1.807, 2.05) is 0 Å². The van der Waals surface area contributed by atoms with Crippen molar-refractivity contribution in [3.05, 3.63) is 48.0 Å². The fraction of sp³-hybridized carbons (Fsp3) is 0.429. The van der Waals surface area contributed by atoms with Gasteiger partial charge in [0.1, 0.15) is 16.4 Å². The zero-order valence-electron chi connectivity index (χ0n) is 16.7. The van der Waals surface area contributed by atoms with Gasteiger partial charge in [0.05, 0.1) is 0 Å². The first-order valence-corrected chi connectivity index (χ1v) is 10.9. The fourth-order valence-electron chi connectivity index (χ4n) is 3.04. The van der Waals surface area contributed by atoms with Crippen molar-refractivity contribution >= 4 is 10.1 Å². The molecule has 2 rings (SSSR count). The second-order valence-electron chi connectivity index (χ2n) is 6.64. The third-order valence-corrected chi connectivity index (χ3v) is 5.39. The van der Waals surface area contributed by atoms with E-state index in [9.17, 15) is 18.1 Å². The third kappa shape index (κ3) is 7.76. The summed E-state index contributed by atoms with van der Waals surface area (Å²) in [4.78, 5) is -0.412. The second kappa shape index (κ2) is 12.5. The predicted octanol–water partition coefficient (Wildman–Crippen LogP) is 2.10. The smallest absolute Gasteiger partial charge is 0.870 e. The summed E-state index contributed by atoms with van der Waals surface area (Å²) in [6.07, 6.45) is 8.14. The standard InChI is InChI=1S/C21H28O5S.Na/c1-2-3-4-5-6-7-9-12-17-15-16-19(22)20(21(17)27(23,24)25)26-18-13-10-8-11-14-18;/h8,10-11,13-16,22H,2-7,9,12H2,1H3,(H,23,24,25);/q;+1/p-1. The molecule has 2 aromatic carbocycles. The number of benzene rings is 2. The summed E-state index contributed by atoms with van der Waals surface area (Å²) in [6, 6.07) is 11.2. The van der Waals surface area contributed by atoms with Gasteiger partial charge in [0.2, 0.25) is 0 Å². The zero-order valence-corrected chi connectivity index (χ0v) is 19.5. The summed E-state index contributed by atoms with van der Waals surface area (Å²) in [5.41, 5.74) is 0.414. The van der Waals surface area contributed by atoms with Crippen LogP contribution < -0.4 is 39.4 Å². The van der Waals surface area contributed by atoms with E-state index in [1.165, 1.54) is 37.8 Å². The van der Waals surface area contributed by atoms with Crippen LogP contribution >= 0.6 is 0 Å². The molecule has 0 aliphatic rings. The van der Waals surface area contributed by atoms with Crippen LogP contribution in [0.5, 0.6) is 17.2 Å². The first-order valence-electron chi connectivity index (χ1n) is 9.46. The molecule has 0 aliphatic carbocycles. The van der Waals surface area contributed by atoms with E-state index in [0.29, 0.717) is 17.7 Å². The summed E-state index contributed by atoms with van der Waals surface area (Å²) < 4.78 is 39.2. The Bertz CT molecular complexity index is 822. The molecule has 0 saturated carbocycles. The Balaban J connectivity index is 0.00000392. The average Bonchev–Trinajstić information content (AvgIpc) is 2.63. The van der Waals surface area contributed by atoms with Gasteiger partial charge < -0.3 is 9.84 Å². The summed E-state index contributed by atoms with van der Waals surface area (Å²) >= 11 is 0. The Morgan fingerprint density at radius 1 is 0.929 bits per heavy atom. The maximum absolute atomic E-state index is 12.2. The monoisotopic (exact) mass is 414 g/mol. The molecule has 1 N–H and O–H groups in total. The molecule has 5 nitrogen and oxygen atoms in total. The van der Waals surface area contributed by atoms with Gasteiger partial charge in [-0.2, -0.15) is 8.42 Å². The van der Waals surface area contributed by atoms with Crippen LogP contribution in [0.15, 0.2) is 47.4 Å². The largest absolute Gasteiger partial charge is 1.00 e. The molecule has 0 unspecified atom stereocenters.